The minimum atomic E-state index is -4.60. The number of halogens is 3. The van der Waals surface area contributed by atoms with Gasteiger partial charge in [-0.25, -0.2) is 19.6 Å². The van der Waals surface area contributed by atoms with Gasteiger partial charge in [0, 0.05) is 6.54 Å². The Bertz CT molecular complexity index is 1370. The van der Waals surface area contributed by atoms with E-state index >= 15 is 0 Å². The molecule has 0 spiro atoms. The van der Waals surface area contributed by atoms with Crippen molar-refractivity contribution in [1.82, 2.24) is 14.9 Å². The molecule has 1 unspecified atom stereocenters. The van der Waals surface area contributed by atoms with E-state index in [0.717, 1.165) is 23.5 Å². The Morgan fingerprint density at radius 3 is 2.61 bits per heavy atom. The number of carboxylic acids is 1. The van der Waals surface area contributed by atoms with Crippen molar-refractivity contribution in [3.8, 4) is 5.75 Å². The van der Waals surface area contributed by atoms with Crippen LogP contribution < -0.4 is 10.1 Å². The Labute approximate surface area is 220 Å². The Morgan fingerprint density at radius 1 is 1.21 bits per heavy atom. The van der Waals surface area contributed by atoms with E-state index in [2.05, 4.69) is 15.3 Å². The molecule has 1 atom stereocenters. The lowest BCUT2D eigenvalue weighted by Gasteiger charge is -2.34. The molecule has 38 heavy (non-hydrogen) atoms. The number of anilines is 2. The van der Waals surface area contributed by atoms with E-state index in [0.29, 0.717) is 35.2 Å². The number of amides is 1. The predicted octanol–water partition coefficient (Wildman–Crippen LogP) is 6.24. The number of piperidine rings is 1. The van der Waals surface area contributed by atoms with E-state index in [-0.39, 0.29) is 28.7 Å². The summed E-state index contributed by atoms with van der Waals surface area (Å²) in [7, 11) is 0. The first kappa shape index (κ1) is 27.4. The van der Waals surface area contributed by atoms with Crippen LogP contribution in [0, 0.1) is 6.92 Å². The summed E-state index contributed by atoms with van der Waals surface area (Å²) in [6, 6.07) is 3.06. The van der Waals surface area contributed by atoms with Crippen molar-refractivity contribution in [2.75, 3.05) is 18.4 Å². The third-order valence-electron chi connectivity index (χ3n) is 5.81. The molecule has 1 saturated heterocycles. The third-order valence-corrected chi connectivity index (χ3v) is 6.99. The summed E-state index contributed by atoms with van der Waals surface area (Å²) in [6.07, 6.45) is -3.33. The van der Waals surface area contributed by atoms with Gasteiger partial charge in [-0.05, 0) is 64.3 Å². The summed E-state index contributed by atoms with van der Waals surface area (Å²) in [5.41, 5.74) is -0.942. The second-order valence-corrected chi connectivity index (χ2v) is 10.9. The molecular formula is C25H27F3N4O5S. The van der Waals surface area contributed by atoms with E-state index in [1.165, 1.54) is 17.3 Å². The van der Waals surface area contributed by atoms with Crippen LogP contribution in [0.15, 0.2) is 24.5 Å². The molecule has 1 aromatic carbocycles. The molecule has 3 heterocycles. The molecule has 3 aromatic rings. The number of aromatic nitrogens is 2. The molecule has 0 bridgehead atoms. The zero-order valence-electron chi connectivity index (χ0n) is 21.2. The largest absolute Gasteiger partial charge is 0.486 e. The fourth-order valence-electron chi connectivity index (χ4n) is 4.10. The fraction of sp³-hybridized carbons (Fsp3) is 0.440. The van der Waals surface area contributed by atoms with Crippen LogP contribution in [0.3, 0.4) is 0 Å². The molecule has 0 saturated carbocycles. The van der Waals surface area contributed by atoms with E-state index < -0.39 is 35.5 Å². The number of carbonyl (C=O) groups is 2. The Morgan fingerprint density at radius 2 is 1.95 bits per heavy atom. The van der Waals surface area contributed by atoms with Crippen LogP contribution in [-0.4, -0.2) is 56.8 Å². The zero-order chi connectivity index (χ0) is 27.8. The van der Waals surface area contributed by atoms with Gasteiger partial charge in [-0.3, -0.25) is 0 Å². The maximum atomic E-state index is 13.5. The summed E-state index contributed by atoms with van der Waals surface area (Å²) in [4.78, 5) is 34.5. The fourth-order valence-corrected chi connectivity index (χ4v) is 5.09. The number of alkyl halides is 3. The number of nitrogens with one attached hydrogen (secondary N) is 1. The maximum absolute atomic E-state index is 13.5. The number of fused-ring (bicyclic) bond motifs is 1. The molecular weight excluding hydrogens is 525 g/mol. The molecule has 204 valence electrons. The first-order valence-electron chi connectivity index (χ1n) is 11.8. The minimum absolute atomic E-state index is 0.0750. The number of benzene rings is 1. The number of hydrogen-bond acceptors (Lipinski definition) is 8. The van der Waals surface area contributed by atoms with Crippen molar-refractivity contribution in [3.05, 3.63) is 40.5 Å². The lowest BCUT2D eigenvalue weighted by molar-refractivity contribution is -0.137. The average molecular weight is 553 g/mol. The molecule has 13 heteroatoms. The minimum Gasteiger partial charge on any atom is -0.486 e. The number of aromatic carboxylic acids is 1. The number of hydrogen-bond donors (Lipinski definition) is 2. The van der Waals surface area contributed by atoms with Crippen molar-refractivity contribution >= 4 is 45.1 Å². The number of thiophene rings is 1. The van der Waals surface area contributed by atoms with Gasteiger partial charge in [0.25, 0.3) is 0 Å². The number of likely N-dealkylation sites (tertiary alicyclic amines) is 1. The monoisotopic (exact) mass is 552 g/mol. The summed E-state index contributed by atoms with van der Waals surface area (Å²) in [5, 5.41) is 12.9. The number of ether oxygens (including phenoxy) is 2. The van der Waals surface area contributed by atoms with Gasteiger partial charge in [-0.15, -0.1) is 11.3 Å². The highest BCUT2D eigenvalue weighted by Gasteiger charge is 2.33. The van der Waals surface area contributed by atoms with Crippen LogP contribution in [-0.2, 0) is 10.9 Å². The molecule has 1 fully saturated rings. The molecule has 1 aliphatic rings. The van der Waals surface area contributed by atoms with E-state index in [1.807, 2.05) is 0 Å². The van der Waals surface area contributed by atoms with E-state index in [1.54, 1.807) is 27.7 Å². The van der Waals surface area contributed by atoms with Crippen LogP contribution in [0.25, 0.3) is 10.2 Å². The zero-order valence-corrected chi connectivity index (χ0v) is 22.0. The predicted molar refractivity (Wildman–Crippen MR) is 135 cm³/mol. The standard InChI is InChI=1S/C25H27F3N4O5S/c1-13-18-20(29-12-30-21(18)38-19(13)22(33)34)31-16-8-7-14(25(26,27)28)10-17(16)36-15-6-5-9-32(11-15)23(35)37-24(2,3)4/h7-8,10,12,15H,5-6,9,11H2,1-4H3,(H,33,34)(H,29,30,31). The third kappa shape index (κ3) is 6.09. The van der Waals surface area contributed by atoms with Crippen molar-refractivity contribution in [2.24, 2.45) is 0 Å². The number of carbonyl (C=O) groups excluding carboxylic acids is 1. The quantitative estimate of drug-likeness (QED) is 0.383. The molecule has 4 rings (SSSR count). The molecule has 2 aromatic heterocycles. The van der Waals surface area contributed by atoms with E-state index in [4.69, 9.17) is 9.47 Å². The van der Waals surface area contributed by atoms with Gasteiger partial charge >= 0.3 is 18.2 Å². The molecule has 1 amide bonds. The van der Waals surface area contributed by atoms with Gasteiger partial charge in [-0.1, -0.05) is 0 Å². The molecule has 2 N–H and O–H groups in total. The van der Waals surface area contributed by atoms with Crippen molar-refractivity contribution in [2.45, 2.75) is 58.4 Å². The average Bonchev–Trinajstić information content (AvgIpc) is 3.16. The summed E-state index contributed by atoms with van der Waals surface area (Å²) >= 11 is 0.982. The number of carboxylic acid groups (broad SMARTS) is 1. The topological polar surface area (TPSA) is 114 Å². The highest BCUT2D eigenvalue weighted by Crippen LogP contribution is 2.39. The summed E-state index contributed by atoms with van der Waals surface area (Å²) in [6.45, 7) is 7.47. The summed E-state index contributed by atoms with van der Waals surface area (Å²) in [5.74, 6) is -0.948. The normalized spacial score (nSPS) is 16.4. The van der Waals surface area contributed by atoms with Crippen LogP contribution >= 0.6 is 11.3 Å². The van der Waals surface area contributed by atoms with Crippen LogP contribution in [0.4, 0.5) is 29.5 Å². The van der Waals surface area contributed by atoms with Gasteiger partial charge in [0.1, 0.15) is 39.3 Å². The SMILES string of the molecule is Cc1c(C(=O)O)sc2ncnc(Nc3ccc(C(F)(F)F)cc3OC3CCCN(C(=O)OC(C)(C)C)C3)c12. The highest BCUT2D eigenvalue weighted by molar-refractivity contribution is 7.20. The molecule has 9 nitrogen and oxygen atoms in total. The van der Waals surface area contributed by atoms with Gasteiger partial charge in [-0.2, -0.15) is 13.2 Å². The molecule has 0 aliphatic carbocycles. The van der Waals surface area contributed by atoms with Gasteiger partial charge in [0.2, 0.25) is 0 Å². The van der Waals surface area contributed by atoms with E-state index in [9.17, 15) is 27.9 Å². The first-order chi connectivity index (χ1) is 17.7. The number of nitrogens with zero attached hydrogens (tertiary/aromatic N) is 3. The van der Waals surface area contributed by atoms with Gasteiger partial charge in [0.15, 0.2) is 0 Å². The first-order valence-corrected chi connectivity index (χ1v) is 12.6. The molecule has 0 radical (unpaired) electrons. The van der Waals surface area contributed by atoms with Crippen molar-refractivity contribution in [3.63, 3.8) is 0 Å². The lowest BCUT2D eigenvalue weighted by Crippen LogP contribution is -2.46. The van der Waals surface area contributed by atoms with Crippen LogP contribution in [0.5, 0.6) is 5.75 Å². The Kier molecular flexibility index (Phi) is 7.42. The second kappa shape index (κ2) is 10.3. The van der Waals surface area contributed by atoms with Crippen LogP contribution in [0.1, 0.15) is 54.4 Å². The van der Waals surface area contributed by atoms with Gasteiger partial charge < -0.3 is 24.8 Å². The van der Waals surface area contributed by atoms with Crippen molar-refractivity contribution in [1.29, 1.82) is 0 Å². The lowest BCUT2D eigenvalue weighted by atomic mass is 10.1. The Balaban J connectivity index is 1.66. The molecule has 1 aliphatic heterocycles. The highest BCUT2D eigenvalue weighted by atomic mass is 32.1. The Hall–Kier alpha value is -3.61. The summed E-state index contributed by atoms with van der Waals surface area (Å²) < 4.78 is 52.1. The maximum Gasteiger partial charge on any atom is 0.416 e. The number of aryl methyl sites for hydroxylation is 1. The number of rotatable bonds is 5. The van der Waals surface area contributed by atoms with Crippen LogP contribution in [0.2, 0.25) is 0 Å². The van der Waals surface area contributed by atoms with Crippen molar-refractivity contribution < 1.29 is 37.3 Å². The van der Waals surface area contributed by atoms with Gasteiger partial charge in [0.05, 0.1) is 23.2 Å². The second-order valence-electron chi connectivity index (χ2n) is 9.91. The smallest absolute Gasteiger partial charge is 0.416 e.